The van der Waals surface area contributed by atoms with Crippen LogP contribution in [0.2, 0.25) is 5.02 Å². The molecule has 2 rings (SSSR count). The molecule has 0 fully saturated rings. The van der Waals surface area contributed by atoms with Crippen molar-refractivity contribution in [3.8, 4) is 6.07 Å². The van der Waals surface area contributed by atoms with Gasteiger partial charge in [-0.05, 0) is 37.6 Å². The predicted molar refractivity (Wildman–Crippen MR) is 81.9 cm³/mol. The molecule has 0 radical (unpaired) electrons. The molecule has 4 nitrogen and oxygen atoms in total. The number of nitrogens with one attached hydrogen (secondary N) is 1. The maximum absolute atomic E-state index is 12.2. The highest BCUT2D eigenvalue weighted by atomic mass is 35.5. The summed E-state index contributed by atoms with van der Waals surface area (Å²) in [6.07, 6.45) is 0. The van der Waals surface area contributed by atoms with Gasteiger partial charge in [0.2, 0.25) is 0 Å². The van der Waals surface area contributed by atoms with E-state index in [1.165, 1.54) is 0 Å². The van der Waals surface area contributed by atoms with Gasteiger partial charge in [0.25, 0.3) is 0 Å². The molecule has 0 spiro atoms. The molecule has 0 bridgehead atoms. The van der Waals surface area contributed by atoms with Crippen LogP contribution in [0.1, 0.15) is 25.3 Å². The van der Waals surface area contributed by atoms with Crippen molar-refractivity contribution in [3.05, 3.63) is 52.2 Å². The molecule has 108 valence electrons. The van der Waals surface area contributed by atoms with Gasteiger partial charge in [-0.25, -0.2) is 4.79 Å². The molecule has 5 heteroatoms. The summed E-state index contributed by atoms with van der Waals surface area (Å²) in [5.41, 5.74) is 2.90. The van der Waals surface area contributed by atoms with Crippen molar-refractivity contribution in [2.75, 3.05) is 11.9 Å². The van der Waals surface area contributed by atoms with Gasteiger partial charge in [0.15, 0.2) is 0 Å². The average Bonchev–Trinajstić information content (AvgIpc) is 2.45. The van der Waals surface area contributed by atoms with Crippen LogP contribution in [0.5, 0.6) is 0 Å². The molecular weight excluding hydrogens is 288 g/mol. The Hall–Kier alpha value is -2.25. The Balaban J connectivity index is 2.61. The van der Waals surface area contributed by atoms with Gasteiger partial charge in [0.05, 0.1) is 24.2 Å². The third-order valence-electron chi connectivity index (χ3n) is 3.33. The number of carbonyl (C=O) groups is 1. The number of benzene rings is 1. The quantitative estimate of drug-likeness (QED) is 0.682. The van der Waals surface area contributed by atoms with Crippen LogP contribution in [0.3, 0.4) is 0 Å². The van der Waals surface area contributed by atoms with Crippen molar-refractivity contribution in [1.29, 1.82) is 5.26 Å². The largest absolute Gasteiger partial charge is 0.463 e. The molecule has 0 saturated heterocycles. The average molecular weight is 303 g/mol. The fraction of sp³-hybridized carbons (Fsp3) is 0.250. The second-order valence-corrected chi connectivity index (χ2v) is 5.12. The molecule has 21 heavy (non-hydrogen) atoms. The highest BCUT2D eigenvalue weighted by molar-refractivity contribution is 6.30. The third-order valence-corrected chi connectivity index (χ3v) is 3.56. The summed E-state index contributed by atoms with van der Waals surface area (Å²) in [5, 5.41) is 12.9. The molecule has 1 aromatic rings. The van der Waals surface area contributed by atoms with Crippen LogP contribution in [0.4, 0.5) is 5.69 Å². The molecular formula is C16H15ClN2O2. The maximum atomic E-state index is 12.2. The molecule has 1 unspecified atom stereocenters. The summed E-state index contributed by atoms with van der Waals surface area (Å²) in [5.74, 6) is -0.987. The number of ether oxygens (including phenoxy) is 1. The summed E-state index contributed by atoms with van der Waals surface area (Å²) in [7, 11) is 0. The highest BCUT2D eigenvalue weighted by Gasteiger charge is 2.33. The number of carbonyl (C=O) groups excluding carboxylic acids is 1. The van der Waals surface area contributed by atoms with Crippen molar-refractivity contribution >= 4 is 23.3 Å². The first-order valence-electron chi connectivity index (χ1n) is 6.52. The van der Waals surface area contributed by atoms with Gasteiger partial charge in [0.1, 0.15) is 0 Å². The molecule has 1 atom stereocenters. The molecule has 1 N–H and O–H groups in total. The van der Waals surface area contributed by atoms with E-state index in [-0.39, 0.29) is 12.2 Å². The molecule has 0 aromatic heterocycles. The first-order chi connectivity index (χ1) is 9.99. The van der Waals surface area contributed by atoms with E-state index in [0.29, 0.717) is 16.3 Å². The number of allylic oxidation sites excluding steroid dienone is 2. The zero-order chi connectivity index (χ0) is 15.6. The number of hydrogen-bond acceptors (Lipinski definition) is 4. The molecule has 0 saturated carbocycles. The molecule has 0 amide bonds. The van der Waals surface area contributed by atoms with Crippen LogP contribution in [-0.2, 0) is 9.53 Å². The van der Waals surface area contributed by atoms with E-state index in [1.807, 2.05) is 12.1 Å². The normalized spacial score (nSPS) is 16.6. The van der Waals surface area contributed by atoms with E-state index in [9.17, 15) is 10.1 Å². The highest BCUT2D eigenvalue weighted by Crippen LogP contribution is 2.42. The van der Waals surface area contributed by atoms with Crippen molar-refractivity contribution in [3.63, 3.8) is 0 Å². The number of fused-ring (bicyclic) bond motifs is 1. The van der Waals surface area contributed by atoms with Crippen molar-refractivity contribution in [1.82, 2.24) is 0 Å². The fourth-order valence-corrected chi connectivity index (χ4v) is 2.61. The topological polar surface area (TPSA) is 62.1 Å². The van der Waals surface area contributed by atoms with Crippen LogP contribution < -0.4 is 5.32 Å². The minimum Gasteiger partial charge on any atom is -0.463 e. The smallest absolute Gasteiger partial charge is 0.336 e. The van der Waals surface area contributed by atoms with Crippen molar-refractivity contribution in [2.45, 2.75) is 19.8 Å². The van der Waals surface area contributed by atoms with Gasteiger partial charge >= 0.3 is 5.97 Å². The first-order valence-corrected chi connectivity index (χ1v) is 6.90. The standard InChI is InChI=1S/C16H15ClN2O2/c1-4-21-16(20)15-10(3)19-13-6-5-11(17)7-12(13)14(15)9(2)8-18/h5-7,14,19H,2,4H2,1,3H3. The SMILES string of the molecule is C=C(C#N)C1C(C(=O)OCC)=C(C)Nc2ccc(Cl)cc21. The Labute approximate surface area is 128 Å². The van der Waals surface area contributed by atoms with Gasteiger partial charge in [-0.2, -0.15) is 5.26 Å². The number of hydrogen-bond donors (Lipinski definition) is 1. The minimum atomic E-state index is -0.538. The summed E-state index contributed by atoms with van der Waals surface area (Å²) in [6.45, 7) is 7.56. The lowest BCUT2D eigenvalue weighted by Gasteiger charge is -2.29. The maximum Gasteiger partial charge on any atom is 0.336 e. The number of anilines is 1. The second-order valence-electron chi connectivity index (χ2n) is 4.69. The van der Waals surface area contributed by atoms with Crippen LogP contribution in [0, 0.1) is 11.3 Å². The van der Waals surface area contributed by atoms with Gasteiger partial charge in [0, 0.05) is 22.0 Å². The molecule has 1 aliphatic rings. The Morgan fingerprint density at radius 3 is 2.90 bits per heavy atom. The number of nitrogens with zero attached hydrogens (tertiary/aromatic N) is 1. The summed E-state index contributed by atoms with van der Waals surface area (Å²) in [6, 6.07) is 7.35. The molecule has 1 heterocycles. The van der Waals surface area contributed by atoms with E-state index in [1.54, 1.807) is 26.0 Å². The lowest BCUT2D eigenvalue weighted by Crippen LogP contribution is -2.24. The first kappa shape index (κ1) is 15.1. The number of halogens is 1. The Bertz CT molecular complexity index is 686. The van der Waals surface area contributed by atoms with Gasteiger partial charge in [-0.1, -0.05) is 18.2 Å². The number of nitriles is 1. The van der Waals surface area contributed by atoms with Crippen molar-refractivity contribution in [2.24, 2.45) is 0 Å². The lowest BCUT2D eigenvalue weighted by atomic mass is 9.81. The van der Waals surface area contributed by atoms with E-state index in [4.69, 9.17) is 16.3 Å². The van der Waals surface area contributed by atoms with E-state index in [2.05, 4.69) is 11.9 Å². The third kappa shape index (κ3) is 2.79. The lowest BCUT2D eigenvalue weighted by molar-refractivity contribution is -0.138. The molecule has 1 aromatic carbocycles. The minimum absolute atomic E-state index is 0.268. The zero-order valence-electron chi connectivity index (χ0n) is 11.9. The monoisotopic (exact) mass is 302 g/mol. The van der Waals surface area contributed by atoms with Crippen LogP contribution in [0.15, 0.2) is 41.6 Å². The fourth-order valence-electron chi connectivity index (χ4n) is 2.43. The number of esters is 1. The van der Waals surface area contributed by atoms with Crippen molar-refractivity contribution < 1.29 is 9.53 Å². The Morgan fingerprint density at radius 2 is 2.29 bits per heavy atom. The second kappa shape index (κ2) is 6.02. The van der Waals surface area contributed by atoms with Crippen LogP contribution in [-0.4, -0.2) is 12.6 Å². The van der Waals surface area contributed by atoms with E-state index in [0.717, 1.165) is 11.3 Å². The Kier molecular flexibility index (Phi) is 4.35. The van der Waals surface area contributed by atoms with Gasteiger partial charge < -0.3 is 10.1 Å². The predicted octanol–water partition coefficient (Wildman–Crippen LogP) is 3.77. The van der Waals surface area contributed by atoms with E-state index < -0.39 is 11.9 Å². The van der Waals surface area contributed by atoms with Gasteiger partial charge in [-0.3, -0.25) is 0 Å². The summed E-state index contributed by atoms with van der Waals surface area (Å²) in [4.78, 5) is 12.2. The zero-order valence-corrected chi connectivity index (χ0v) is 12.6. The van der Waals surface area contributed by atoms with E-state index >= 15 is 0 Å². The Morgan fingerprint density at radius 1 is 1.57 bits per heavy atom. The number of rotatable bonds is 3. The summed E-state index contributed by atoms with van der Waals surface area (Å²) >= 11 is 6.04. The van der Waals surface area contributed by atoms with Gasteiger partial charge in [-0.15, -0.1) is 0 Å². The van der Waals surface area contributed by atoms with Crippen LogP contribution >= 0.6 is 11.6 Å². The molecule has 0 aliphatic carbocycles. The molecule has 1 aliphatic heterocycles. The van der Waals surface area contributed by atoms with Crippen LogP contribution in [0.25, 0.3) is 0 Å². The summed E-state index contributed by atoms with van der Waals surface area (Å²) < 4.78 is 5.10.